The van der Waals surface area contributed by atoms with Crippen LogP contribution in [0.15, 0.2) is 59.6 Å². The molecule has 2 unspecified atom stereocenters. The Bertz CT molecular complexity index is 1360. The van der Waals surface area contributed by atoms with Gasteiger partial charge in [-0.3, -0.25) is 14.6 Å². The van der Waals surface area contributed by atoms with Crippen LogP contribution in [0.2, 0.25) is 15.1 Å². The number of anilines is 2. The van der Waals surface area contributed by atoms with Crippen LogP contribution in [0.5, 0.6) is 5.75 Å². The molecular weight excluding hydrogens is 568 g/mol. The maximum atomic E-state index is 13.0. The van der Waals surface area contributed by atoms with Crippen molar-refractivity contribution in [1.29, 1.82) is 0 Å². The van der Waals surface area contributed by atoms with Crippen LogP contribution < -0.4 is 15.4 Å². The van der Waals surface area contributed by atoms with Gasteiger partial charge in [0.2, 0.25) is 5.91 Å². The second kappa shape index (κ2) is 10.5. The van der Waals surface area contributed by atoms with Gasteiger partial charge in [-0.2, -0.15) is 0 Å². The molecule has 1 aliphatic carbocycles. The van der Waals surface area contributed by atoms with Gasteiger partial charge in [0.25, 0.3) is 5.91 Å². The monoisotopic (exact) mass is 583 g/mol. The van der Waals surface area contributed by atoms with Crippen molar-refractivity contribution in [1.82, 2.24) is 0 Å². The maximum absolute atomic E-state index is 13.0. The highest BCUT2D eigenvalue weighted by molar-refractivity contribution is 6.53. The van der Waals surface area contributed by atoms with Crippen LogP contribution in [-0.4, -0.2) is 30.0 Å². The van der Waals surface area contributed by atoms with E-state index in [1.807, 2.05) is 0 Å². The molecule has 36 heavy (non-hydrogen) atoms. The van der Waals surface area contributed by atoms with E-state index < -0.39 is 28.0 Å². The number of nitrogens with one attached hydrogen (secondary N) is 2. The summed E-state index contributed by atoms with van der Waals surface area (Å²) in [6.07, 6.45) is 0. The molecule has 1 fully saturated rings. The van der Waals surface area contributed by atoms with Gasteiger partial charge in [-0.15, -0.1) is 23.2 Å². The number of nitrogens with zero attached hydrogens (tertiary/aromatic N) is 1. The molecule has 2 atom stereocenters. The Morgan fingerprint density at radius 2 is 1.58 bits per heavy atom. The summed E-state index contributed by atoms with van der Waals surface area (Å²) in [6, 6.07) is 14.4. The van der Waals surface area contributed by atoms with Crippen LogP contribution in [0.3, 0.4) is 0 Å². The summed E-state index contributed by atoms with van der Waals surface area (Å²) in [5.74, 6) is -1.73. The minimum atomic E-state index is -1.34. The first-order chi connectivity index (χ1) is 17.0. The van der Waals surface area contributed by atoms with E-state index in [1.54, 1.807) is 42.5 Å². The summed E-state index contributed by atoms with van der Waals surface area (Å²) in [5.41, 5.74) is 2.15. The summed E-state index contributed by atoms with van der Waals surface area (Å²) in [4.78, 5) is 29.8. The zero-order valence-corrected chi connectivity index (χ0v) is 22.4. The number of hydrogen-bond donors (Lipinski definition) is 2. The third-order valence-electron chi connectivity index (χ3n) is 5.67. The second-order valence-electron chi connectivity index (χ2n) is 8.02. The van der Waals surface area contributed by atoms with E-state index in [0.29, 0.717) is 38.4 Å². The van der Waals surface area contributed by atoms with Gasteiger partial charge in [0.05, 0.1) is 23.6 Å². The smallest absolute Gasteiger partial charge is 0.257 e. The highest BCUT2D eigenvalue weighted by Crippen LogP contribution is 2.65. The molecule has 2 amide bonds. The first-order valence-electron chi connectivity index (χ1n) is 10.5. The largest absolute Gasteiger partial charge is 0.494 e. The SMILES string of the molecule is C=Nc1ccc(NC(=O)c2cc(NC(=O)C3C(c4cc(Cl)cc(Cl)c4)C3(Cl)Cl)ccc2Cl)cc1OC. The highest BCUT2D eigenvalue weighted by Gasteiger charge is 2.67. The van der Waals surface area contributed by atoms with Gasteiger partial charge < -0.3 is 15.4 Å². The molecule has 0 radical (unpaired) electrons. The molecule has 0 aromatic heterocycles. The normalized spacial score (nSPS) is 17.7. The Hall–Kier alpha value is -2.48. The fourth-order valence-corrected chi connectivity index (χ4v) is 5.48. The molecule has 3 aromatic carbocycles. The van der Waals surface area contributed by atoms with Gasteiger partial charge in [-0.1, -0.05) is 34.8 Å². The molecule has 186 valence electrons. The van der Waals surface area contributed by atoms with E-state index in [-0.39, 0.29) is 10.6 Å². The van der Waals surface area contributed by atoms with E-state index in [9.17, 15) is 9.59 Å². The van der Waals surface area contributed by atoms with Gasteiger partial charge >= 0.3 is 0 Å². The predicted molar refractivity (Wildman–Crippen MR) is 147 cm³/mol. The molecule has 0 saturated heterocycles. The Balaban J connectivity index is 1.51. The van der Waals surface area contributed by atoms with Crippen molar-refractivity contribution in [3.8, 4) is 5.75 Å². The topological polar surface area (TPSA) is 79.8 Å². The zero-order chi connectivity index (χ0) is 26.2. The number of alkyl halides is 2. The van der Waals surface area contributed by atoms with Gasteiger partial charge in [0.15, 0.2) is 0 Å². The van der Waals surface area contributed by atoms with E-state index in [0.717, 1.165) is 0 Å². The number of carbonyl (C=O) groups excluding carboxylic acids is 2. The van der Waals surface area contributed by atoms with Crippen LogP contribution in [-0.2, 0) is 4.79 Å². The molecule has 0 aliphatic heterocycles. The van der Waals surface area contributed by atoms with E-state index in [1.165, 1.54) is 19.2 Å². The lowest BCUT2D eigenvalue weighted by Crippen LogP contribution is -2.18. The molecular formula is C25H18Cl5N3O3. The summed E-state index contributed by atoms with van der Waals surface area (Å²) in [7, 11) is 1.49. The molecule has 6 nitrogen and oxygen atoms in total. The average Bonchev–Trinajstić information content (AvgIpc) is 3.41. The van der Waals surface area contributed by atoms with Crippen LogP contribution in [0.1, 0.15) is 21.8 Å². The second-order valence-corrected chi connectivity index (χ2v) is 10.7. The van der Waals surface area contributed by atoms with Gasteiger partial charge in [0, 0.05) is 33.4 Å². The minimum Gasteiger partial charge on any atom is -0.494 e. The Morgan fingerprint density at radius 1 is 0.944 bits per heavy atom. The zero-order valence-electron chi connectivity index (χ0n) is 18.6. The fourth-order valence-electron chi connectivity index (χ4n) is 3.90. The minimum absolute atomic E-state index is 0.149. The predicted octanol–water partition coefficient (Wildman–Crippen LogP) is 7.77. The summed E-state index contributed by atoms with van der Waals surface area (Å²) >= 11 is 31.3. The fraction of sp³-hybridized carbons (Fsp3) is 0.160. The van der Waals surface area contributed by atoms with Gasteiger partial charge in [-0.25, -0.2) is 0 Å². The number of carbonyl (C=O) groups is 2. The third-order valence-corrected chi connectivity index (χ3v) is 7.37. The van der Waals surface area contributed by atoms with Crippen molar-refractivity contribution in [2.75, 3.05) is 17.7 Å². The Kier molecular flexibility index (Phi) is 7.74. The Morgan fingerprint density at radius 3 is 2.22 bits per heavy atom. The lowest BCUT2D eigenvalue weighted by atomic mass is 10.1. The molecule has 0 heterocycles. The molecule has 0 bridgehead atoms. The molecule has 1 saturated carbocycles. The third kappa shape index (κ3) is 5.43. The van der Waals surface area contributed by atoms with Crippen LogP contribution in [0.25, 0.3) is 0 Å². The van der Waals surface area contributed by atoms with Gasteiger partial charge in [-0.05, 0) is 60.8 Å². The number of amides is 2. The summed E-state index contributed by atoms with van der Waals surface area (Å²) in [6.45, 7) is 3.48. The molecule has 3 aromatic rings. The van der Waals surface area contributed by atoms with E-state index in [4.69, 9.17) is 62.7 Å². The standard InChI is InChI=1S/C25H18Cl5N3O3/c1-31-19-6-4-16(11-20(19)36-2)32-23(34)17-10-15(3-5-18(17)28)33-24(35)22-21(25(22,29)30)12-7-13(26)9-14(27)8-12/h3-11,21-22H,1H2,2H3,(H,32,34)(H,33,35). The van der Waals surface area contributed by atoms with E-state index in [2.05, 4.69) is 22.3 Å². The number of benzene rings is 3. The maximum Gasteiger partial charge on any atom is 0.257 e. The van der Waals surface area contributed by atoms with Crippen molar-refractivity contribution in [3.63, 3.8) is 0 Å². The van der Waals surface area contributed by atoms with Crippen LogP contribution in [0.4, 0.5) is 17.1 Å². The Labute approximate surface area is 232 Å². The quantitative estimate of drug-likeness (QED) is 0.220. The van der Waals surface area contributed by atoms with Crippen molar-refractivity contribution in [2.24, 2.45) is 10.9 Å². The van der Waals surface area contributed by atoms with Crippen LogP contribution >= 0.6 is 58.0 Å². The lowest BCUT2D eigenvalue weighted by Gasteiger charge is -2.12. The van der Waals surface area contributed by atoms with Crippen molar-refractivity contribution in [3.05, 3.63) is 80.8 Å². The van der Waals surface area contributed by atoms with Crippen molar-refractivity contribution >= 4 is 93.6 Å². The van der Waals surface area contributed by atoms with Gasteiger partial charge in [0.1, 0.15) is 15.8 Å². The van der Waals surface area contributed by atoms with Crippen molar-refractivity contribution in [2.45, 2.75) is 10.3 Å². The first-order valence-corrected chi connectivity index (χ1v) is 12.3. The molecule has 2 N–H and O–H groups in total. The number of hydrogen-bond acceptors (Lipinski definition) is 4. The van der Waals surface area contributed by atoms with E-state index >= 15 is 0 Å². The molecule has 4 rings (SSSR count). The summed E-state index contributed by atoms with van der Waals surface area (Å²) < 4.78 is 3.92. The lowest BCUT2D eigenvalue weighted by molar-refractivity contribution is -0.117. The first kappa shape index (κ1) is 26.6. The molecule has 1 aliphatic rings. The number of methoxy groups -OCH3 is 1. The summed E-state index contributed by atoms with van der Waals surface area (Å²) in [5, 5.41) is 6.52. The molecule has 0 spiro atoms. The average molecular weight is 586 g/mol. The number of halogens is 5. The number of ether oxygens (including phenoxy) is 1. The number of aliphatic imine (C=N–C) groups is 1. The molecule has 11 heteroatoms. The number of rotatable bonds is 7. The highest BCUT2D eigenvalue weighted by atomic mass is 35.5. The van der Waals surface area contributed by atoms with Crippen molar-refractivity contribution < 1.29 is 14.3 Å². The van der Waals surface area contributed by atoms with Crippen LogP contribution in [0, 0.1) is 5.92 Å².